The highest BCUT2D eigenvalue weighted by atomic mass is 19.4. The summed E-state index contributed by atoms with van der Waals surface area (Å²) >= 11 is 0. The fourth-order valence-corrected chi connectivity index (χ4v) is 2.37. The maximum absolute atomic E-state index is 12.5. The molecule has 0 bridgehead atoms. The lowest BCUT2D eigenvalue weighted by Crippen LogP contribution is -2.30. The second kappa shape index (κ2) is 7.49. The van der Waals surface area contributed by atoms with Crippen molar-refractivity contribution in [1.29, 1.82) is 0 Å². The van der Waals surface area contributed by atoms with Gasteiger partial charge in [0.15, 0.2) is 0 Å². The zero-order chi connectivity index (χ0) is 17.7. The van der Waals surface area contributed by atoms with E-state index >= 15 is 0 Å². The third kappa shape index (κ3) is 5.09. The molecule has 1 amide bonds. The van der Waals surface area contributed by atoms with Crippen molar-refractivity contribution in [1.82, 2.24) is 0 Å². The average molecular weight is 336 g/mol. The molecule has 0 aliphatic carbocycles. The first-order valence-corrected chi connectivity index (χ1v) is 7.53. The van der Waals surface area contributed by atoms with Crippen LogP contribution >= 0.6 is 0 Å². The van der Waals surface area contributed by atoms with Crippen LogP contribution in [0.4, 0.5) is 18.9 Å². The molecule has 0 saturated carbocycles. The number of nitrogens with two attached hydrogens (primary N) is 1. The SMILES string of the molecule is CC(C(=O)Nc1cccc(CC(F)(F)F)c1)C(N)c1ccccc1. The number of hydrogen-bond acceptors (Lipinski definition) is 2. The molecule has 0 aromatic heterocycles. The summed E-state index contributed by atoms with van der Waals surface area (Å²) < 4.78 is 37.4. The Labute approximate surface area is 138 Å². The Hall–Kier alpha value is -2.34. The van der Waals surface area contributed by atoms with Crippen molar-refractivity contribution in [2.75, 3.05) is 5.32 Å². The maximum atomic E-state index is 12.5. The van der Waals surface area contributed by atoms with E-state index in [2.05, 4.69) is 5.32 Å². The van der Waals surface area contributed by atoms with Gasteiger partial charge in [-0.05, 0) is 23.3 Å². The highest BCUT2D eigenvalue weighted by molar-refractivity contribution is 5.92. The molecule has 0 radical (unpaired) electrons. The first-order chi connectivity index (χ1) is 11.3. The van der Waals surface area contributed by atoms with Crippen molar-refractivity contribution in [2.45, 2.75) is 25.6 Å². The lowest BCUT2D eigenvalue weighted by molar-refractivity contribution is -0.127. The van der Waals surface area contributed by atoms with E-state index in [1.165, 1.54) is 18.2 Å². The number of amides is 1. The molecule has 0 aliphatic heterocycles. The smallest absolute Gasteiger partial charge is 0.326 e. The molecule has 2 atom stereocenters. The van der Waals surface area contributed by atoms with E-state index in [9.17, 15) is 18.0 Å². The van der Waals surface area contributed by atoms with Crippen LogP contribution in [0.2, 0.25) is 0 Å². The molecule has 24 heavy (non-hydrogen) atoms. The number of benzene rings is 2. The first-order valence-electron chi connectivity index (χ1n) is 7.53. The van der Waals surface area contributed by atoms with Gasteiger partial charge in [-0.2, -0.15) is 13.2 Å². The molecule has 3 nitrogen and oxygen atoms in total. The predicted octanol–water partition coefficient (Wildman–Crippen LogP) is 4.07. The summed E-state index contributed by atoms with van der Waals surface area (Å²) in [6, 6.07) is 14.4. The average Bonchev–Trinajstić information content (AvgIpc) is 2.53. The minimum absolute atomic E-state index is 0.0975. The van der Waals surface area contributed by atoms with Gasteiger partial charge in [0.1, 0.15) is 0 Å². The van der Waals surface area contributed by atoms with Crippen LogP contribution < -0.4 is 11.1 Å². The fraction of sp³-hybridized carbons (Fsp3) is 0.278. The molecule has 0 spiro atoms. The van der Waals surface area contributed by atoms with Gasteiger partial charge in [0.25, 0.3) is 0 Å². The highest BCUT2D eigenvalue weighted by Gasteiger charge is 2.28. The summed E-state index contributed by atoms with van der Waals surface area (Å²) in [5, 5.41) is 2.63. The van der Waals surface area contributed by atoms with Crippen LogP contribution in [0.3, 0.4) is 0 Å². The molecule has 6 heteroatoms. The number of alkyl halides is 3. The Morgan fingerprint density at radius 2 is 1.79 bits per heavy atom. The van der Waals surface area contributed by atoms with Crippen LogP contribution in [-0.2, 0) is 11.2 Å². The lowest BCUT2D eigenvalue weighted by atomic mass is 9.94. The first kappa shape index (κ1) is 18.0. The fourth-order valence-electron chi connectivity index (χ4n) is 2.37. The molecule has 3 N–H and O–H groups in total. The van der Waals surface area contributed by atoms with E-state index in [1.807, 2.05) is 30.3 Å². The van der Waals surface area contributed by atoms with Crippen molar-refractivity contribution in [3.8, 4) is 0 Å². The molecule has 128 valence electrons. The summed E-state index contributed by atoms with van der Waals surface area (Å²) in [4.78, 5) is 12.3. The number of nitrogens with one attached hydrogen (secondary N) is 1. The Kier molecular flexibility index (Phi) is 5.62. The Morgan fingerprint density at radius 1 is 1.12 bits per heavy atom. The van der Waals surface area contributed by atoms with Crippen LogP contribution in [0.15, 0.2) is 54.6 Å². The number of carbonyl (C=O) groups is 1. The molecular formula is C18H19F3N2O. The minimum atomic E-state index is -4.29. The lowest BCUT2D eigenvalue weighted by Gasteiger charge is -2.20. The van der Waals surface area contributed by atoms with Gasteiger partial charge < -0.3 is 11.1 Å². The molecule has 0 heterocycles. The van der Waals surface area contributed by atoms with Gasteiger partial charge in [-0.1, -0.05) is 49.4 Å². The largest absolute Gasteiger partial charge is 0.393 e. The summed E-state index contributed by atoms with van der Waals surface area (Å²) in [7, 11) is 0. The standard InChI is InChI=1S/C18H19F3N2O/c1-12(16(22)14-7-3-2-4-8-14)17(24)23-15-9-5-6-13(10-15)11-18(19,20)21/h2-10,12,16H,11,22H2,1H3,(H,23,24). The zero-order valence-corrected chi connectivity index (χ0v) is 13.2. The third-order valence-electron chi connectivity index (χ3n) is 3.74. The number of carbonyl (C=O) groups excluding carboxylic acids is 1. The van der Waals surface area contributed by atoms with Gasteiger partial charge in [0.2, 0.25) is 5.91 Å². The van der Waals surface area contributed by atoms with Crippen molar-refractivity contribution in [3.05, 3.63) is 65.7 Å². The molecule has 2 aromatic rings. The van der Waals surface area contributed by atoms with Crippen LogP contribution in [-0.4, -0.2) is 12.1 Å². The normalized spacial score (nSPS) is 14.0. The summed E-state index contributed by atoms with van der Waals surface area (Å²) in [5.41, 5.74) is 7.35. The van der Waals surface area contributed by atoms with E-state index in [0.29, 0.717) is 5.69 Å². The monoisotopic (exact) mass is 336 g/mol. The second-order valence-corrected chi connectivity index (χ2v) is 5.71. The van der Waals surface area contributed by atoms with Crippen LogP contribution in [0.1, 0.15) is 24.1 Å². The highest BCUT2D eigenvalue weighted by Crippen LogP contribution is 2.24. The summed E-state index contributed by atoms with van der Waals surface area (Å²) in [6.07, 6.45) is -5.32. The predicted molar refractivity (Wildman–Crippen MR) is 87.4 cm³/mol. The van der Waals surface area contributed by atoms with Gasteiger partial charge >= 0.3 is 6.18 Å². The topological polar surface area (TPSA) is 55.1 Å². The van der Waals surface area contributed by atoms with Gasteiger partial charge in [0.05, 0.1) is 12.3 Å². The number of anilines is 1. The quantitative estimate of drug-likeness (QED) is 0.865. The van der Waals surface area contributed by atoms with Gasteiger partial charge in [0, 0.05) is 11.7 Å². The molecule has 0 saturated heterocycles. The molecule has 2 aromatic carbocycles. The van der Waals surface area contributed by atoms with Gasteiger partial charge in [-0.15, -0.1) is 0 Å². The van der Waals surface area contributed by atoms with Crippen molar-refractivity contribution in [2.24, 2.45) is 11.7 Å². The van der Waals surface area contributed by atoms with E-state index in [-0.39, 0.29) is 11.5 Å². The van der Waals surface area contributed by atoms with Gasteiger partial charge in [-0.25, -0.2) is 0 Å². The Balaban J connectivity index is 2.05. The van der Waals surface area contributed by atoms with Crippen LogP contribution in [0.25, 0.3) is 0 Å². The number of rotatable bonds is 5. The minimum Gasteiger partial charge on any atom is -0.326 e. The van der Waals surface area contributed by atoms with E-state index < -0.39 is 24.6 Å². The van der Waals surface area contributed by atoms with Crippen LogP contribution in [0.5, 0.6) is 0 Å². The molecular weight excluding hydrogens is 317 g/mol. The van der Waals surface area contributed by atoms with E-state index in [0.717, 1.165) is 5.56 Å². The second-order valence-electron chi connectivity index (χ2n) is 5.71. The molecule has 0 fully saturated rings. The Morgan fingerprint density at radius 3 is 2.42 bits per heavy atom. The molecule has 0 aliphatic rings. The molecule has 2 unspecified atom stereocenters. The van der Waals surface area contributed by atoms with Crippen molar-refractivity contribution >= 4 is 11.6 Å². The van der Waals surface area contributed by atoms with E-state index in [1.54, 1.807) is 13.0 Å². The van der Waals surface area contributed by atoms with Crippen LogP contribution in [0, 0.1) is 5.92 Å². The van der Waals surface area contributed by atoms with E-state index in [4.69, 9.17) is 5.73 Å². The summed E-state index contributed by atoms with van der Waals surface area (Å²) in [5.74, 6) is -0.866. The summed E-state index contributed by atoms with van der Waals surface area (Å²) in [6.45, 7) is 1.69. The third-order valence-corrected chi connectivity index (χ3v) is 3.74. The maximum Gasteiger partial charge on any atom is 0.393 e. The van der Waals surface area contributed by atoms with Crippen molar-refractivity contribution < 1.29 is 18.0 Å². The number of hydrogen-bond donors (Lipinski definition) is 2. The van der Waals surface area contributed by atoms with Crippen molar-refractivity contribution in [3.63, 3.8) is 0 Å². The van der Waals surface area contributed by atoms with Gasteiger partial charge in [-0.3, -0.25) is 4.79 Å². The molecule has 2 rings (SSSR count). The number of halogens is 3. The zero-order valence-electron chi connectivity index (χ0n) is 13.2. The Bertz CT molecular complexity index is 686.